The zero-order valence-corrected chi connectivity index (χ0v) is 15.2. The predicted octanol–water partition coefficient (Wildman–Crippen LogP) is 0.742. The summed E-state index contributed by atoms with van der Waals surface area (Å²) in [6, 6.07) is 5.98. The fourth-order valence-corrected chi connectivity index (χ4v) is 2.99. The maximum Gasteiger partial charge on any atom is 0.243 e. The van der Waals surface area contributed by atoms with Crippen molar-refractivity contribution in [3.05, 3.63) is 23.8 Å². The Labute approximate surface area is 149 Å². The topological polar surface area (TPSA) is 82.7 Å². The van der Waals surface area contributed by atoms with Gasteiger partial charge in [-0.2, -0.15) is 0 Å². The molecule has 0 radical (unpaired) electrons. The summed E-state index contributed by atoms with van der Waals surface area (Å²) in [7, 11) is 3.50. The van der Waals surface area contributed by atoms with Crippen LogP contribution in [0.2, 0.25) is 0 Å². The lowest BCUT2D eigenvalue weighted by Crippen LogP contribution is -2.48. The molecule has 25 heavy (non-hydrogen) atoms. The average Bonchev–Trinajstić information content (AvgIpc) is 2.60. The number of anilines is 1. The van der Waals surface area contributed by atoms with Gasteiger partial charge in [0.25, 0.3) is 0 Å². The van der Waals surface area contributed by atoms with Crippen LogP contribution in [-0.4, -0.2) is 63.1 Å². The molecule has 1 saturated heterocycles. The monoisotopic (exact) mass is 348 g/mol. The zero-order chi connectivity index (χ0) is 18.2. The van der Waals surface area contributed by atoms with Gasteiger partial charge < -0.3 is 20.7 Å². The van der Waals surface area contributed by atoms with Crippen LogP contribution in [0.25, 0.3) is 0 Å². The van der Waals surface area contributed by atoms with Gasteiger partial charge in [0.1, 0.15) is 5.75 Å². The molecule has 0 saturated carbocycles. The molecule has 1 aliphatic heterocycles. The molecule has 0 bridgehead atoms. The van der Waals surface area contributed by atoms with Crippen molar-refractivity contribution in [3.8, 4) is 5.75 Å². The fraction of sp³-hybridized carbons (Fsp3) is 0.556. The number of methoxy groups -OCH3 is 1. The molecule has 1 aromatic carbocycles. The standard InChI is InChI=1S/C18H28N4O3/c1-13-6-7-16(25-3)15(9-13)21-17(23)10-20-18(24)12-22-8-4-5-14(11-22)19-2/h6-7,9,14,19H,4-5,8,10-12H2,1-3H3,(H,20,24)(H,21,23). The van der Waals surface area contributed by atoms with Crippen LogP contribution in [-0.2, 0) is 9.59 Å². The molecule has 7 nitrogen and oxygen atoms in total. The number of carbonyl (C=O) groups excluding carboxylic acids is 2. The number of nitrogens with one attached hydrogen (secondary N) is 3. The molecule has 0 aromatic heterocycles. The minimum Gasteiger partial charge on any atom is -0.495 e. The summed E-state index contributed by atoms with van der Waals surface area (Å²) in [5.41, 5.74) is 1.62. The Morgan fingerprint density at radius 2 is 2.12 bits per heavy atom. The molecule has 1 heterocycles. The smallest absolute Gasteiger partial charge is 0.243 e. The Hall–Kier alpha value is -2.12. The Balaban J connectivity index is 1.78. The molecule has 1 atom stereocenters. The number of amides is 2. The first kappa shape index (κ1) is 19.2. The molecule has 0 spiro atoms. The highest BCUT2D eigenvalue weighted by molar-refractivity contribution is 5.96. The van der Waals surface area contributed by atoms with Crippen molar-refractivity contribution >= 4 is 17.5 Å². The second-order valence-corrected chi connectivity index (χ2v) is 6.39. The van der Waals surface area contributed by atoms with E-state index in [-0.39, 0.29) is 18.4 Å². The molecule has 138 valence electrons. The quantitative estimate of drug-likeness (QED) is 0.677. The molecule has 1 aliphatic rings. The van der Waals surface area contributed by atoms with Crippen molar-refractivity contribution in [2.24, 2.45) is 0 Å². The third-order valence-corrected chi connectivity index (χ3v) is 4.36. The van der Waals surface area contributed by atoms with E-state index in [1.165, 1.54) is 0 Å². The second-order valence-electron chi connectivity index (χ2n) is 6.39. The van der Waals surface area contributed by atoms with Crippen LogP contribution in [0.5, 0.6) is 5.75 Å². The van der Waals surface area contributed by atoms with E-state index in [4.69, 9.17) is 4.74 Å². The Bertz CT molecular complexity index is 606. The molecule has 1 fully saturated rings. The van der Waals surface area contributed by atoms with Crippen LogP contribution in [0.4, 0.5) is 5.69 Å². The number of carbonyl (C=O) groups is 2. The van der Waals surface area contributed by atoms with Crippen LogP contribution < -0.4 is 20.7 Å². The lowest BCUT2D eigenvalue weighted by Gasteiger charge is -2.31. The highest BCUT2D eigenvalue weighted by Gasteiger charge is 2.20. The van der Waals surface area contributed by atoms with Crippen molar-refractivity contribution in [3.63, 3.8) is 0 Å². The van der Waals surface area contributed by atoms with Gasteiger partial charge in [-0.1, -0.05) is 6.07 Å². The molecule has 3 N–H and O–H groups in total. The van der Waals surface area contributed by atoms with E-state index in [9.17, 15) is 9.59 Å². The van der Waals surface area contributed by atoms with Gasteiger partial charge in [-0.25, -0.2) is 0 Å². The summed E-state index contributed by atoms with van der Waals surface area (Å²) in [4.78, 5) is 26.3. The van der Waals surface area contributed by atoms with Gasteiger partial charge >= 0.3 is 0 Å². The third kappa shape index (κ3) is 6.03. The third-order valence-electron chi connectivity index (χ3n) is 4.36. The minimum atomic E-state index is -0.274. The summed E-state index contributed by atoms with van der Waals surface area (Å²) in [5, 5.41) is 8.71. The largest absolute Gasteiger partial charge is 0.495 e. The van der Waals surface area contributed by atoms with E-state index in [0.717, 1.165) is 31.5 Å². The molecular weight excluding hydrogens is 320 g/mol. The highest BCUT2D eigenvalue weighted by atomic mass is 16.5. The van der Waals surface area contributed by atoms with E-state index in [2.05, 4.69) is 20.9 Å². The maximum atomic E-state index is 12.1. The van der Waals surface area contributed by atoms with Crippen molar-refractivity contribution in [1.82, 2.24) is 15.5 Å². The number of aryl methyl sites for hydroxylation is 1. The average molecular weight is 348 g/mol. The second kappa shape index (κ2) is 9.39. The number of hydrogen-bond acceptors (Lipinski definition) is 5. The number of piperidine rings is 1. The first-order valence-corrected chi connectivity index (χ1v) is 8.62. The number of likely N-dealkylation sites (tertiary alicyclic amines) is 1. The molecule has 1 aromatic rings. The van der Waals surface area contributed by atoms with Crippen LogP contribution in [0, 0.1) is 6.92 Å². The van der Waals surface area contributed by atoms with Crippen LogP contribution in [0.3, 0.4) is 0 Å². The summed E-state index contributed by atoms with van der Waals surface area (Å²) >= 11 is 0. The molecule has 7 heteroatoms. The van der Waals surface area contributed by atoms with Gasteiger partial charge in [0.15, 0.2) is 0 Å². The van der Waals surface area contributed by atoms with Crippen molar-refractivity contribution in [2.75, 3.05) is 45.7 Å². The molecule has 2 amide bonds. The summed E-state index contributed by atoms with van der Waals surface area (Å²) in [6.45, 7) is 3.97. The number of rotatable bonds is 7. The minimum absolute atomic E-state index is 0.0563. The number of ether oxygens (including phenoxy) is 1. The molecule has 1 unspecified atom stereocenters. The predicted molar refractivity (Wildman–Crippen MR) is 97.9 cm³/mol. The molecular formula is C18H28N4O3. The lowest BCUT2D eigenvalue weighted by atomic mass is 10.1. The van der Waals surface area contributed by atoms with E-state index in [1.807, 2.05) is 26.1 Å². The SMILES string of the molecule is CNC1CCCN(CC(=O)NCC(=O)Nc2cc(C)ccc2OC)C1. The van der Waals surface area contributed by atoms with E-state index < -0.39 is 0 Å². The van der Waals surface area contributed by atoms with Crippen molar-refractivity contribution < 1.29 is 14.3 Å². The van der Waals surface area contributed by atoms with Crippen LogP contribution in [0.15, 0.2) is 18.2 Å². The number of hydrogen-bond donors (Lipinski definition) is 3. The van der Waals surface area contributed by atoms with Gasteiger partial charge in [-0.3, -0.25) is 14.5 Å². The fourth-order valence-electron chi connectivity index (χ4n) is 2.99. The van der Waals surface area contributed by atoms with Crippen molar-refractivity contribution in [1.29, 1.82) is 0 Å². The Kier molecular flexibility index (Phi) is 7.21. The summed E-state index contributed by atoms with van der Waals surface area (Å²) in [5.74, 6) is 0.184. The first-order valence-electron chi connectivity index (χ1n) is 8.62. The number of likely N-dealkylation sites (N-methyl/N-ethyl adjacent to an activating group) is 1. The lowest BCUT2D eigenvalue weighted by molar-refractivity contribution is -0.125. The Morgan fingerprint density at radius 3 is 2.84 bits per heavy atom. The highest BCUT2D eigenvalue weighted by Crippen LogP contribution is 2.24. The molecule has 0 aliphatic carbocycles. The zero-order valence-electron chi connectivity index (χ0n) is 15.2. The van der Waals surface area contributed by atoms with Crippen LogP contribution >= 0.6 is 0 Å². The van der Waals surface area contributed by atoms with Crippen molar-refractivity contribution in [2.45, 2.75) is 25.8 Å². The van der Waals surface area contributed by atoms with Gasteiger partial charge in [0.05, 0.1) is 25.9 Å². The van der Waals surface area contributed by atoms with E-state index in [0.29, 0.717) is 24.0 Å². The maximum absolute atomic E-state index is 12.1. The van der Waals surface area contributed by atoms with Crippen LogP contribution in [0.1, 0.15) is 18.4 Å². The van der Waals surface area contributed by atoms with Gasteiger partial charge in [0.2, 0.25) is 11.8 Å². The van der Waals surface area contributed by atoms with E-state index in [1.54, 1.807) is 13.2 Å². The summed E-state index contributed by atoms with van der Waals surface area (Å²) < 4.78 is 5.23. The summed E-state index contributed by atoms with van der Waals surface area (Å²) in [6.07, 6.45) is 2.21. The molecule has 2 rings (SSSR count). The first-order chi connectivity index (χ1) is 12.0. The van der Waals surface area contributed by atoms with Gasteiger partial charge in [-0.05, 0) is 51.1 Å². The Morgan fingerprint density at radius 1 is 1.32 bits per heavy atom. The number of nitrogens with zero attached hydrogens (tertiary/aromatic N) is 1. The normalized spacial score (nSPS) is 17.8. The number of benzene rings is 1. The van der Waals surface area contributed by atoms with Gasteiger partial charge in [0, 0.05) is 12.6 Å². The van der Waals surface area contributed by atoms with Gasteiger partial charge in [-0.15, -0.1) is 0 Å². The van der Waals surface area contributed by atoms with E-state index >= 15 is 0 Å².